The minimum absolute atomic E-state index is 0. The standard InChI is InChI=1S/3C6H6O.C3H8.6C2H6.CH4.4CH3.2Y/c3*7-6-4-2-1-3-5-6;1-3-2;6*1-2;;;;;;;/h3*1-5,7H;3H2,1-2H3;6*1-2H3;1H4;4*1H3;;/q;;;;;;;;;;;4*-1;;. The minimum atomic E-state index is 0. The molecule has 0 fully saturated rings. The van der Waals surface area contributed by atoms with E-state index in [0.29, 0.717) is 17.2 Å². The normalized spacial score (nSPS) is 5.44. The molecule has 3 nitrogen and oxygen atoms in total. The summed E-state index contributed by atoms with van der Waals surface area (Å²) in [7, 11) is 0. The van der Waals surface area contributed by atoms with Gasteiger partial charge in [-0.05, 0) is 36.4 Å². The quantitative estimate of drug-likeness (QED) is 0.200. The number of phenolic OH excluding ortho intramolecular Hbond substituents is 3. The van der Waals surface area contributed by atoms with Gasteiger partial charge in [0, 0.05) is 65.4 Å². The van der Waals surface area contributed by atoms with Gasteiger partial charge < -0.3 is 45.0 Å². The molecule has 3 rings (SSSR count). The maximum atomic E-state index is 8.63. The Kier molecular flexibility index (Phi) is 238. The van der Waals surface area contributed by atoms with Crippen LogP contribution in [-0.4, -0.2) is 15.3 Å². The first-order valence-electron chi connectivity index (χ1n) is 13.8. The van der Waals surface area contributed by atoms with Crippen LogP contribution < -0.4 is 0 Å². The van der Waals surface area contributed by atoms with Gasteiger partial charge in [-0.25, -0.2) is 0 Å². The van der Waals surface area contributed by atoms with Gasteiger partial charge >= 0.3 is 0 Å². The van der Waals surface area contributed by atoms with Gasteiger partial charge in [0.15, 0.2) is 0 Å². The molecule has 43 heavy (non-hydrogen) atoms. The number of benzene rings is 3. The van der Waals surface area contributed by atoms with Crippen LogP contribution >= 0.6 is 0 Å². The van der Waals surface area contributed by atoms with E-state index in [1.54, 1.807) is 72.8 Å². The van der Waals surface area contributed by atoms with Gasteiger partial charge in [0.05, 0.1) is 0 Å². The van der Waals surface area contributed by atoms with Gasteiger partial charge in [-0.1, -0.05) is 165 Å². The molecular weight excluding hydrogens is 682 g/mol. The van der Waals surface area contributed by atoms with Gasteiger partial charge in [-0.15, -0.1) is 0 Å². The number of rotatable bonds is 0. The third-order valence-electron chi connectivity index (χ3n) is 2.27. The van der Waals surface area contributed by atoms with Gasteiger partial charge in [0.1, 0.15) is 17.2 Å². The van der Waals surface area contributed by atoms with Crippen LogP contribution in [-0.2, 0) is 65.4 Å². The summed E-state index contributed by atoms with van der Waals surface area (Å²) in [4.78, 5) is 0. The fraction of sp³-hybridized carbons (Fsp3) is 0.421. The van der Waals surface area contributed by atoms with Crippen molar-refractivity contribution in [2.45, 2.75) is 111 Å². The summed E-state index contributed by atoms with van der Waals surface area (Å²) >= 11 is 0. The van der Waals surface area contributed by atoms with Crippen molar-refractivity contribution in [3.63, 3.8) is 0 Å². The fourth-order valence-electron chi connectivity index (χ4n) is 1.28. The Labute approximate surface area is 326 Å². The molecular formula is C38H78O3Y2-4. The molecule has 0 atom stereocenters. The predicted molar refractivity (Wildman–Crippen MR) is 201 cm³/mol. The van der Waals surface area contributed by atoms with E-state index in [1.165, 1.54) is 6.42 Å². The van der Waals surface area contributed by atoms with Crippen LogP contribution in [0.4, 0.5) is 0 Å². The van der Waals surface area contributed by atoms with E-state index >= 15 is 0 Å². The summed E-state index contributed by atoms with van der Waals surface area (Å²) in [6.07, 6.45) is 1.25. The van der Waals surface area contributed by atoms with E-state index in [-0.39, 0.29) is 103 Å². The Balaban J connectivity index is -0.0000000188. The third-order valence-corrected chi connectivity index (χ3v) is 2.27. The van der Waals surface area contributed by atoms with E-state index < -0.39 is 0 Å². The van der Waals surface area contributed by atoms with Crippen LogP contribution in [0.5, 0.6) is 17.2 Å². The Morgan fingerprint density at radius 1 is 0.349 bits per heavy atom. The molecule has 3 aromatic rings. The number of hydrogen-bond donors (Lipinski definition) is 3. The van der Waals surface area contributed by atoms with Gasteiger partial charge in [-0.3, -0.25) is 0 Å². The van der Waals surface area contributed by atoms with Crippen LogP contribution in [0, 0.1) is 29.7 Å². The van der Waals surface area contributed by atoms with Crippen LogP contribution in [0.25, 0.3) is 0 Å². The molecule has 3 aromatic carbocycles. The molecule has 0 bridgehead atoms. The van der Waals surface area contributed by atoms with E-state index in [1.807, 2.05) is 101 Å². The molecule has 0 heterocycles. The van der Waals surface area contributed by atoms with Crippen molar-refractivity contribution in [3.8, 4) is 17.2 Å². The Bertz CT molecular complexity index is 521. The molecule has 0 aromatic heterocycles. The first-order chi connectivity index (χ1) is 17.6. The minimum Gasteiger partial charge on any atom is -0.508 e. The summed E-state index contributed by atoms with van der Waals surface area (Å²) in [6, 6.07) is 26.1. The third kappa shape index (κ3) is 118. The summed E-state index contributed by atoms with van der Waals surface area (Å²) < 4.78 is 0. The van der Waals surface area contributed by atoms with Crippen LogP contribution in [0.2, 0.25) is 0 Å². The van der Waals surface area contributed by atoms with Crippen molar-refractivity contribution in [2.24, 2.45) is 0 Å². The van der Waals surface area contributed by atoms with Crippen molar-refractivity contribution >= 4 is 0 Å². The number of aromatic hydroxyl groups is 3. The topological polar surface area (TPSA) is 60.7 Å². The average molecular weight is 761 g/mol. The Morgan fingerprint density at radius 3 is 0.488 bits per heavy atom. The van der Waals surface area contributed by atoms with Crippen molar-refractivity contribution in [1.82, 2.24) is 0 Å². The van der Waals surface area contributed by atoms with E-state index in [0.717, 1.165) is 0 Å². The largest absolute Gasteiger partial charge is 0.508 e. The summed E-state index contributed by atoms with van der Waals surface area (Å²) in [5.74, 6) is 0.965. The number of phenols is 3. The monoisotopic (exact) mass is 760 g/mol. The fourth-order valence-corrected chi connectivity index (χ4v) is 1.28. The SMILES string of the molecule is C.CC.CC.CC.CC.CC.CC.CCC.Oc1ccccc1.Oc1ccccc1.Oc1ccccc1.[CH3-].[CH3-].[CH3-].[CH3-].[Y].[Y]. The second-order valence-corrected chi connectivity index (χ2v) is 4.71. The molecule has 0 saturated carbocycles. The zero-order chi connectivity index (χ0) is 30.0. The molecule has 5 heteroatoms. The second kappa shape index (κ2) is 114. The number of hydrogen-bond acceptors (Lipinski definition) is 3. The van der Waals surface area contributed by atoms with Crippen molar-refractivity contribution in [1.29, 1.82) is 0 Å². The van der Waals surface area contributed by atoms with Crippen LogP contribution in [0.1, 0.15) is 111 Å². The molecule has 258 valence electrons. The Hall–Kier alpha value is -0.732. The molecule has 2 radical (unpaired) electrons. The van der Waals surface area contributed by atoms with E-state index in [2.05, 4.69) is 13.8 Å². The molecule has 0 aliphatic rings. The van der Waals surface area contributed by atoms with Crippen molar-refractivity contribution < 1.29 is 80.7 Å². The predicted octanol–water partition coefficient (Wildman–Crippen LogP) is 14.2. The number of para-hydroxylation sites is 3. The summed E-state index contributed by atoms with van der Waals surface area (Å²) in [5.41, 5.74) is 0. The maximum Gasteiger partial charge on any atom is 0.115 e. The first-order valence-corrected chi connectivity index (χ1v) is 13.8. The first kappa shape index (κ1) is 90.1. The molecule has 3 N–H and O–H groups in total. The summed E-state index contributed by atoms with van der Waals surface area (Å²) in [5, 5.41) is 25.9. The van der Waals surface area contributed by atoms with Gasteiger partial charge in [-0.2, -0.15) is 0 Å². The van der Waals surface area contributed by atoms with Crippen molar-refractivity contribution in [2.75, 3.05) is 0 Å². The second-order valence-electron chi connectivity index (χ2n) is 4.71. The van der Waals surface area contributed by atoms with Crippen molar-refractivity contribution in [3.05, 3.63) is 121 Å². The maximum absolute atomic E-state index is 8.63. The molecule has 0 saturated heterocycles. The van der Waals surface area contributed by atoms with Gasteiger partial charge in [0.25, 0.3) is 0 Å². The van der Waals surface area contributed by atoms with E-state index in [9.17, 15) is 0 Å². The average Bonchev–Trinajstić information content (AvgIpc) is 2.98. The summed E-state index contributed by atoms with van der Waals surface area (Å²) in [6.45, 7) is 28.2. The van der Waals surface area contributed by atoms with E-state index in [4.69, 9.17) is 15.3 Å². The zero-order valence-corrected chi connectivity index (χ0v) is 37.0. The smallest absolute Gasteiger partial charge is 0.115 e. The molecule has 0 aliphatic heterocycles. The molecule has 0 spiro atoms. The molecule has 0 amide bonds. The van der Waals surface area contributed by atoms with Gasteiger partial charge in [0.2, 0.25) is 0 Å². The van der Waals surface area contributed by atoms with Crippen LogP contribution in [0.15, 0.2) is 91.0 Å². The zero-order valence-electron chi connectivity index (χ0n) is 31.4. The molecule has 0 unspecified atom stereocenters. The van der Waals surface area contributed by atoms with Crippen LogP contribution in [0.3, 0.4) is 0 Å². The Morgan fingerprint density at radius 2 is 0.442 bits per heavy atom. The molecule has 0 aliphatic carbocycles.